The number of esters is 1. The van der Waals surface area contributed by atoms with Crippen LogP contribution in [0, 0.1) is 28.6 Å². The van der Waals surface area contributed by atoms with Crippen LogP contribution >= 0.6 is 0 Å². The van der Waals surface area contributed by atoms with Gasteiger partial charge in [-0.2, -0.15) is 0 Å². The second kappa shape index (κ2) is 6.21. The lowest BCUT2D eigenvalue weighted by atomic mass is 9.49. The van der Waals surface area contributed by atoms with Crippen LogP contribution in [0.2, 0.25) is 0 Å². The van der Waals surface area contributed by atoms with E-state index >= 15 is 0 Å². The Morgan fingerprint density at radius 3 is 2.54 bits per heavy atom. The zero-order valence-electron chi connectivity index (χ0n) is 16.9. The Balaban J connectivity index is 1.62. The highest BCUT2D eigenvalue weighted by Gasteiger charge is 2.56. The van der Waals surface area contributed by atoms with E-state index in [2.05, 4.69) is 13.8 Å². The van der Waals surface area contributed by atoms with Crippen molar-refractivity contribution in [3.05, 3.63) is 11.1 Å². The fourth-order valence-corrected chi connectivity index (χ4v) is 7.45. The Hall–Kier alpha value is -1.12. The highest BCUT2D eigenvalue weighted by atomic mass is 16.5. The summed E-state index contributed by atoms with van der Waals surface area (Å²) in [6, 6.07) is 0. The van der Waals surface area contributed by atoms with Gasteiger partial charge in [-0.25, -0.2) is 0 Å². The van der Waals surface area contributed by atoms with E-state index in [9.17, 15) is 9.59 Å². The first-order valence-corrected chi connectivity index (χ1v) is 10.7. The number of ether oxygens (including phenoxy) is 1. The summed E-state index contributed by atoms with van der Waals surface area (Å²) in [4.78, 5) is 23.6. The van der Waals surface area contributed by atoms with Gasteiger partial charge in [-0.15, -0.1) is 0 Å². The predicted octanol–water partition coefficient (Wildman–Crippen LogP) is 5.23. The molecule has 6 atom stereocenters. The SMILES string of the molecule is CC(=O)O[C@H]1CC[C@@]2(C)[C@H](CCC3=C4CC[C@H](C([14CH3])=O)[C@@]4(C)CC[C@@H]32)C1. The number of ketones is 1. The van der Waals surface area contributed by atoms with Crippen molar-refractivity contribution in [2.24, 2.45) is 28.6 Å². The third-order valence-electron chi connectivity index (χ3n) is 8.77. The van der Waals surface area contributed by atoms with Crippen molar-refractivity contribution in [2.45, 2.75) is 91.6 Å². The molecule has 0 bridgehead atoms. The molecule has 0 aliphatic heterocycles. The Bertz CT molecular complexity index is 662. The molecule has 0 spiro atoms. The lowest BCUT2D eigenvalue weighted by Crippen LogP contribution is -2.48. The lowest BCUT2D eigenvalue weighted by Gasteiger charge is -2.56. The topological polar surface area (TPSA) is 43.4 Å². The average Bonchev–Trinajstić information content (AvgIpc) is 2.92. The third-order valence-corrected chi connectivity index (χ3v) is 8.77. The Morgan fingerprint density at radius 1 is 1.08 bits per heavy atom. The average molecular weight is 361 g/mol. The molecule has 0 aromatic rings. The summed E-state index contributed by atoms with van der Waals surface area (Å²) in [7, 11) is 0. The quantitative estimate of drug-likeness (QED) is 0.500. The summed E-state index contributed by atoms with van der Waals surface area (Å²) in [6.07, 6.45) is 10.4. The molecule has 0 saturated heterocycles. The third kappa shape index (κ3) is 2.60. The summed E-state index contributed by atoms with van der Waals surface area (Å²) < 4.78 is 5.56. The minimum atomic E-state index is -0.133. The molecule has 0 aromatic carbocycles. The second-order valence-electron chi connectivity index (χ2n) is 9.96. The summed E-state index contributed by atoms with van der Waals surface area (Å²) in [6.45, 7) is 8.21. The molecule has 26 heavy (non-hydrogen) atoms. The minimum absolute atomic E-state index is 0.127. The van der Waals surface area contributed by atoms with Crippen LogP contribution in [0.4, 0.5) is 0 Å². The molecule has 144 valence electrons. The maximum absolute atomic E-state index is 12.2. The fourth-order valence-electron chi connectivity index (χ4n) is 7.45. The van der Waals surface area contributed by atoms with Gasteiger partial charge in [0.05, 0.1) is 0 Å². The van der Waals surface area contributed by atoms with Crippen LogP contribution < -0.4 is 0 Å². The van der Waals surface area contributed by atoms with Crippen LogP contribution in [0.15, 0.2) is 11.1 Å². The van der Waals surface area contributed by atoms with E-state index in [0.29, 0.717) is 23.0 Å². The largest absolute Gasteiger partial charge is 0.463 e. The highest BCUT2D eigenvalue weighted by molar-refractivity contribution is 5.80. The second-order valence-corrected chi connectivity index (χ2v) is 9.96. The van der Waals surface area contributed by atoms with Crippen LogP contribution in [0.1, 0.15) is 85.5 Å². The van der Waals surface area contributed by atoms with Crippen molar-refractivity contribution in [2.75, 3.05) is 0 Å². The lowest BCUT2D eigenvalue weighted by molar-refractivity contribution is -0.152. The van der Waals surface area contributed by atoms with Gasteiger partial charge in [-0.05, 0) is 87.4 Å². The van der Waals surface area contributed by atoms with Crippen LogP contribution in [-0.4, -0.2) is 17.9 Å². The van der Waals surface area contributed by atoms with Crippen molar-refractivity contribution in [1.82, 2.24) is 0 Å². The number of carbonyl (C=O) groups excluding carboxylic acids is 2. The van der Waals surface area contributed by atoms with Crippen molar-refractivity contribution in [1.29, 1.82) is 0 Å². The van der Waals surface area contributed by atoms with Gasteiger partial charge < -0.3 is 4.74 Å². The minimum Gasteiger partial charge on any atom is -0.463 e. The molecule has 0 unspecified atom stereocenters. The molecule has 0 heterocycles. The van der Waals surface area contributed by atoms with E-state index in [1.165, 1.54) is 39.0 Å². The highest BCUT2D eigenvalue weighted by Crippen LogP contribution is 2.65. The van der Waals surface area contributed by atoms with E-state index in [0.717, 1.165) is 25.7 Å². The molecule has 0 radical (unpaired) electrons. The Labute approximate surface area is 157 Å². The van der Waals surface area contributed by atoms with Gasteiger partial charge in [0.2, 0.25) is 0 Å². The zero-order valence-corrected chi connectivity index (χ0v) is 16.9. The zero-order chi connectivity index (χ0) is 18.7. The monoisotopic (exact) mass is 360 g/mol. The van der Waals surface area contributed by atoms with Crippen molar-refractivity contribution in [3.63, 3.8) is 0 Å². The predicted molar refractivity (Wildman–Crippen MR) is 101 cm³/mol. The van der Waals surface area contributed by atoms with E-state index in [1.54, 1.807) is 18.1 Å². The van der Waals surface area contributed by atoms with E-state index in [-0.39, 0.29) is 23.4 Å². The van der Waals surface area contributed by atoms with Crippen LogP contribution in [0.5, 0.6) is 0 Å². The standard InChI is InChI=1S/C23H34O3/c1-14(24)19-7-8-20-18-6-5-16-13-17(26-15(2)25)9-11-22(16,3)21(18)10-12-23(19,20)4/h16-17,19,21H,5-13H2,1-4H3/t16-,17+,19-,21+,22+,23-/m1/s1/i1+2. The van der Waals surface area contributed by atoms with E-state index < -0.39 is 0 Å². The van der Waals surface area contributed by atoms with Crippen molar-refractivity contribution >= 4 is 11.8 Å². The molecule has 3 fully saturated rings. The number of carbonyl (C=O) groups is 2. The molecule has 0 N–H and O–H groups in total. The van der Waals surface area contributed by atoms with Gasteiger partial charge in [0.15, 0.2) is 0 Å². The number of Topliss-reactive ketones (excluding diaryl/α,β-unsaturated/α-hetero) is 1. The number of rotatable bonds is 2. The smallest absolute Gasteiger partial charge is 0.302 e. The molecule has 3 heteroatoms. The molecular formula is C23H34O3. The molecular weight excluding hydrogens is 326 g/mol. The molecule has 0 aromatic heterocycles. The fraction of sp³-hybridized carbons (Fsp3) is 0.826. The molecule has 4 rings (SSSR count). The molecule has 3 saturated carbocycles. The molecule has 4 aliphatic carbocycles. The number of allylic oxidation sites excluding steroid dienone is 2. The van der Waals surface area contributed by atoms with Gasteiger partial charge in [-0.3, -0.25) is 9.59 Å². The van der Waals surface area contributed by atoms with Gasteiger partial charge in [-0.1, -0.05) is 25.0 Å². The van der Waals surface area contributed by atoms with Crippen LogP contribution in [-0.2, 0) is 14.3 Å². The maximum Gasteiger partial charge on any atom is 0.302 e. The number of hydrogen-bond acceptors (Lipinski definition) is 3. The van der Waals surface area contributed by atoms with Gasteiger partial charge in [0.25, 0.3) is 0 Å². The molecule has 0 amide bonds. The van der Waals surface area contributed by atoms with Gasteiger partial charge in [0.1, 0.15) is 11.9 Å². The van der Waals surface area contributed by atoms with E-state index in [1.807, 2.05) is 0 Å². The van der Waals surface area contributed by atoms with E-state index in [4.69, 9.17) is 4.74 Å². The maximum atomic E-state index is 12.2. The first kappa shape index (κ1) is 18.3. The molecule has 3 nitrogen and oxygen atoms in total. The molecule has 4 aliphatic rings. The van der Waals surface area contributed by atoms with Gasteiger partial charge >= 0.3 is 5.97 Å². The first-order chi connectivity index (χ1) is 12.3. The number of fused-ring (bicyclic) bond motifs is 4. The van der Waals surface area contributed by atoms with Crippen LogP contribution in [0.3, 0.4) is 0 Å². The first-order valence-electron chi connectivity index (χ1n) is 10.7. The van der Waals surface area contributed by atoms with Crippen molar-refractivity contribution in [3.8, 4) is 0 Å². The summed E-state index contributed by atoms with van der Waals surface area (Å²) in [5.41, 5.74) is 3.88. The summed E-state index contributed by atoms with van der Waals surface area (Å²) >= 11 is 0. The van der Waals surface area contributed by atoms with Crippen LogP contribution in [0.25, 0.3) is 0 Å². The number of hydrogen-bond donors (Lipinski definition) is 0. The Morgan fingerprint density at radius 2 is 1.85 bits per heavy atom. The summed E-state index contributed by atoms with van der Waals surface area (Å²) in [5, 5.41) is 0. The Kier molecular flexibility index (Phi) is 4.36. The summed E-state index contributed by atoms with van der Waals surface area (Å²) in [5.74, 6) is 1.86. The normalized spacial score (nSPS) is 44.8. The van der Waals surface area contributed by atoms with Gasteiger partial charge in [0, 0.05) is 12.8 Å². The van der Waals surface area contributed by atoms with Crippen molar-refractivity contribution < 1.29 is 14.3 Å².